The Morgan fingerprint density at radius 3 is 2.36 bits per heavy atom. The number of imide groups is 1. The van der Waals surface area contributed by atoms with E-state index < -0.39 is 0 Å². The smallest absolute Gasteiger partial charge is 0.253 e. The molecule has 76 valence electrons. The van der Waals surface area contributed by atoms with E-state index in [-0.39, 0.29) is 17.9 Å². The fourth-order valence-corrected chi connectivity index (χ4v) is 1.96. The molecule has 14 heavy (non-hydrogen) atoms. The SMILES string of the molecule is CCC(CC1CC1)N1C(=O)C=CC1=O. The molecule has 0 spiro atoms. The van der Waals surface area contributed by atoms with Gasteiger partial charge in [-0.2, -0.15) is 0 Å². The summed E-state index contributed by atoms with van der Waals surface area (Å²) in [6, 6.07) is 0.123. The maximum Gasteiger partial charge on any atom is 0.253 e. The molecule has 1 atom stereocenters. The molecule has 0 aromatic heterocycles. The highest BCUT2D eigenvalue weighted by molar-refractivity contribution is 6.13. The number of carbonyl (C=O) groups is 2. The van der Waals surface area contributed by atoms with Crippen LogP contribution in [0.5, 0.6) is 0 Å². The first-order valence-electron chi connectivity index (χ1n) is 5.27. The predicted octanol–water partition coefficient (Wildman–Crippen LogP) is 1.49. The van der Waals surface area contributed by atoms with Gasteiger partial charge in [-0.1, -0.05) is 19.8 Å². The van der Waals surface area contributed by atoms with Crippen LogP contribution in [0, 0.1) is 5.92 Å². The monoisotopic (exact) mass is 193 g/mol. The molecule has 1 unspecified atom stereocenters. The zero-order valence-corrected chi connectivity index (χ0v) is 8.40. The van der Waals surface area contributed by atoms with Gasteiger partial charge in [0.15, 0.2) is 0 Å². The van der Waals surface area contributed by atoms with Crippen LogP contribution in [-0.2, 0) is 9.59 Å². The van der Waals surface area contributed by atoms with Crippen LogP contribution in [0.15, 0.2) is 12.2 Å². The van der Waals surface area contributed by atoms with Gasteiger partial charge in [-0.15, -0.1) is 0 Å². The minimum absolute atomic E-state index is 0.123. The van der Waals surface area contributed by atoms with Crippen molar-refractivity contribution in [2.45, 2.75) is 38.6 Å². The van der Waals surface area contributed by atoms with Crippen LogP contribution in [0.4, 0.5) is 0 Å². The third-order valence-corrected chi connectivity index (χ3v) is 2.98. The van der Waals surface area contributed by atoms with Crippen molar-refractivity contribution in [3.8, 4) is 0 Å². The molecule has 0 bridgehead atoms. The van der Waals surface area contributed by atoms with Crippen LogP contribution in [0.25, 0.3) is 0 Å². The lowest BCUT2D eigenvalue weighted by Gasteiger charge is -2.24. The molecule has 0 N–H and O–H groups in total. The van der Waals surface area contributed by atoms with Gasteiger partial charge in [0.1, 0.15) is 0 Å². The van der Waals surface area contributed by atoms with E-state index in [1.54, 1.807) is 0 Å². The molecular weight excluding hydrogens is 178 g/mol. The molecule has 0 aromatic rings. The van der Waals surface area contributed by atoms with Crippen molar-refractivity contribution in [1.29, 1.82) is 0 Å². The van der Waals surface area contributed by atoms with E-state index in [9.17, 15) is 9.59 Å². The minimum atomic E-state index is -0.137. The van der Waals surface area contributed by atoms with Gasteiger partial charge in [0, 0.05) is 18.2 Å². The Kier molecular flexibility index (Phi) is 2.40. The van der Waals surface area contributed by atoms with Crippen molar-refractivity contribution < 1.29 is 9.59 Å². The van der Waals surface area contributed by atoms with E-state index in [2.05, 4.69) is 0 Å². The largest absolute Gasteiger partial charge is 0.272 e. The van der Waals surface area contributed by atoms with Crippen LogP contribution in [-0.4, -0.2) is 22.8 Å². The minimum Gasteiger partial charge on any atom is -0.272 e. The molecular formula is C11H15NO2. The van der Waals surface area contributed by atoms with E-state index in [1.165, 1.54) is 29.9 Å². The molecule has 3 nitrogen and oxygen atoms in total. The Morgan fingerprint density at radius 1 is 1.36 bits per heavy atom. The zero-order valence-electron chi connectivity index (χ0n) is 8.40. The lowest BCUT2D eigenvalue weighted by atomic mass is 10.1. The number of hydrogen-bond acceptors (Lipinski definition) is 2. The van der Waals surface area contributed by atoms with E-state index in [0.717, 1.165) is 18.8 Å². The topological polar surface area (TPSA) is 37.4 Å². The van der Waals surface area contributed by atoms with Crippen molar-refractivity contribution in [3.05, 3.63) is 12.2 Å². The zero-order chi connectivity index (χ0) is 10.1. The molecule has 1 aliphatic carbocycles. The van der Waals surface area contributed by atoms with Crippen molar-refractivity contribution in [2.24, 2.45) is 5.92 Å². The number of carbonyl (C=O) groups excluding carboxylic acids is 2. The van der Waals surface area contributed by atoms with E-state index in [0.29, 0.717) is 0 Å². The Labute approximate surface area is 83.8 Å². The van der Waals surface area contributed by atoms with Gasteiger partial charge < -0.3 is 0 Å². The molecule has 1 saturated carbocycles. The number of hydrogen-bond donors (Lipinski definition) is 0. The van der Waals surface area contributed by atoms with Crippen molar-refractivity contribution in [3.63, 3.8) is 0 Å². The van der Waals surface area contributed by atoms with Crippen LogP contribution < -0.4 is 0 Å². The standard InChI is InChI=1S/C11H15NO2/c1-2-9(7-8-3-4-8)12-10(13)5-6-11(12)14/h5-6,8-9H,2-4,7H2,1H3. The molecule has 2 rings (SSSR count). The Hall–Kier alpha value is -1.12. The fraction of sp³-hybridized carbons (Fsp3) is 0.636. The van der Waals surface area contributed by atoms with Crippen molar-refractivity contribution in [2.75, 3.05) is 0 Å². The lowest BCUT2D eigenvalue weighted by Crippen LogP contribution is -2.39. The molecule has 1 aliphatic heterocycles. The van der Waals surface area contributed by atoms with Gasteiger partial charge in [0.25, 0.3) is 11.8 Å². The number of nitrogens with zero attached hydrogens (tertiary/aromatic N) is 1. The number of amides is 2. The van der Waals surface area contributed by atoms with Gasteiger partial charge in [0.2, 0.25) is 0 Å². The Balaban J connectivity index is 2.02. The highest BCUT2D eigenvalue weighted by atomic mass is 16.2. The van der Waals surface area contributed by atoms with Gasteiger partial charge in [-0.05, 0) is 18.8 Å². The van der Waals surface area contributed by atoms with Crippen LogP contribution in [0.3, 0.4) is 0 Å². The molecule has 0 saturated heterocycles. The maximum atomic E-state index is 11.4. The predicted molar refractivity (Wildman–Crippen MR) is 52.4 cm³/mol. The number of rotatable bonds is 4. The van der Waals surface area contributed by atoms with Gasteiger partial charge in [-0.25, -0.2) is 0 Å². The maximum absolute atomic E-state index is 11.4. The third kappa shape index (κ3) is 1.72. The van der Waals surface area contributed by atoms with E-state index in [4.69, 9.17) is 0 Å². The van der Waals surface area contributed by atoms with Crippen molar-refractivity contribution in [1.82, 2.24) is 4.90 Å². The first kappa shape index (κ1) is 9.44. The summed E-state index contributed by atoms with van der Waals surface area (Å²) >= 11 is 0. The third-order valence-electron chi connectivity index (χ3n) is 2.98. The van der Waals surface area contributed by atoms with E-state index >= 15 is 0 Å². The Bertz CT molecular complexity index is 274. The summed E-state index contributed by atoms with van der Waals surface area (Å²) in [7, 11) is 0. The molecule has 1 fully saturated rings. The Morgan fingerprint density at radius 2 is 1.93 bits per heavy atom. The molecule has 1 heterocycles. The summed E-state index contributed by atoms with van der Waals surface area (Å²) in [6.07, 6.45) is 7.14. The molecule has 0 aromatic carbocycles. The normalized spacial score (nSPS) is 23.4. The molecule has 2 aliphatic rings. The summed E-state index contributed by atoms with van der Waals surface area (Å²) in [5, 5.41) is 0. The second kappa shape index (κ2) is 3.56. The summed E-state index contributed by atoms with van der Waals surface area (Å²) < 4.78 is 0. The average molecular weight is 193 g/mol. The highest BCUT2D eigenvalue weighted by Gasteiger charge is 2.34. The highest BCUT2D eigenvalue weighted by Crippen LogP contribution is 2.35. The van der Waals surface area contributed by atoms with Crippen molar-refractivity contribution >= 4 is 11.8 Å². The summed E-state index contributed by atoms with van der Waals surface area (Å²) in [6.45, 7) is 2.03. The molecule has 2 amide bonds. The summed E-state index contributed by atoms with van der Waals surface area (Å²) in [5.74, 6) is 0.478. The van der Waals surface area contributed by atoms with Gasteiger partial charge >= 0.3 is 0 Å². The second-order valence-electron chi connectivity index (χ2n) is 4.12. The first-order valence-corrected chi connectivity index (χ1v) is 5.27. The van der Waals surface area contributed by atoms with Crippen LogP contribution in [0.2, 0.25) is 0 Å². The summed E-state index contributed by atoms with van der Waals surface area (Å²) in [5.41, 5.74) is 0. The van der Waals surface area contributed by atoms with Gasteiger partial charge in [-0.3, -0.25) is 14.5 Å². The lowest BCUT2D eigenvalue weighted by molar-refractivity contribution is -0.139. The van der Waals surface area contributed by atoms with Crippen LogP contribution >= 0.6 is 0 Å². The first-order chi connectivity index (χ1) is 6.72. The second-order valence-corrected chi connectivity index (χ2v) is 4.12. The summed E-state index contributed by atoms with van der Waals surface area (Å²) in [4.78, 5) is 24.2. The van der Waals surface area contributed by atoms with Gasteiger partial charge in [0.05, 0.1) is 0 Å². The fourth-order valence-electron chi connectivity index (χ4n) is 1.96. The van der Waals surface area contributed by atoms with Crippen LogP contribution in [0.1, 0.15) is 32.6 Å². The molecule has 0 radical (unpaired) electrons. The van der Waals surface area contributed by atoms with E-state index in [1.807, 2.05) is 6.92 Å². The quantitative estimate of drug-likeness (QED) is 0.634. The molecule has 3 heteroatoms. The average Bonchev–Trinajstić information content (AvgIpc) is 2.92.